The molecular formula is C40H62F2N6O3Sn. The molecule has 0 radical (unpaired) electrons. The molecule has 7 heterocycles. The Bertz CT molecular complexity index is 1600. The van der Waals surface area contributed by atoms with Gasteiger partial charge in [-0.1, -0.05) is 0 Å². The fourth-order valence-electron chi connectivity index (χ4n) is 10.4. The first kappa shape index (κ1) is 38.3. The molecule has 9 nitrogen and oxygen atoms in total. The summed E-state index contributed by atoms with van der Waals surface area (Å²) >= 11 is -3.37. The number of ether oxygens (including phenoxy) is 2. The van der Waals surface area contributed by atoms with E-state index in [2.05, 4.69) is 30.6 Å². The van der Waals surface area contributed by atoms with Gasteiger partial charge in [-0.05, 0) is 0 Å². The van der Waals surface area contributed by atoms with Crippen LogP contribution >= 0.6 is 0 Å². The fraction of sp³-hybridized carbons (Fsp3) is 0.800. The van der Waals surface area contributed by atoms with Crippen molar-refractivity contribution >= 4 is 44.9 Å². The Morgan fingerprint density at radius 1 is 0.962 bits per heavy atom. The van der Waals surface area contributed by atoms with Crippen molar-refractivity contribution in [1.29, 1.82) is 0 Å². The van der Waals surface area contributed by atoms with Gasteiger partial charge in [0, 0.05) is 0 Å². The van der Waals surface area contributed by atoms with Gasteiger partial charge in [0.2, 0.25) is 0 Å². The Balaban J connectivity index is 1.35. The van der Waals surface area contributed by atoms with E-state index in [1.54, 1.807) is 0 Å². The zero-order valence-corrected chi connectivity index (χ0v) is 35.5. The summed E-state index contributed by atoms with van der Waals surface area (Å²) < 4.78 is 49.0. The summed E-state index contributed by atoms with van der Waals surface area (Å²) in [6.07, 6.45) is 11.1. The number of carbonyl (C=O) groups excluding carboxylic acids is 1. The quantitative estimate of drug-likeness (QED) is 0.188. The summed E-state index contributed by atoms with van der Waals surface area (Å²) in [5, 5.41) is 0.716. The van der Waals surface area contributed by atoms with Gasteiger partial charge in [-0.2, -0.15) is 0 Å². The summed E-state index contributed by atoms with van der Waals surface area (Å²) in [6, 6.07) is 0.0880. The summed E-state index contributed by atoms with van der Waals surface area (Å²) in [4.78, 5) is 35.7. The van der Waals surface area contributed by atoms with Gasteiger partial charge in [0.15, 0.2) is 0 Å². The number of fused-ring (bicyclic) bond motifs is 6. The van der Waals surface area contributed by atoms with Crippen LogP contribution in [0, 0.1) is 5.82 Å². The molecule has 2 aromatic heterocycles. The first-order valence-corrected chi connectivity index (χ1v) is 28.1. The zero-order chi connectivity index (χ0) is 36.8. The third-order valence-corrected chi connectivity index (χ3v) is 28.0. The Morgan fingerprint density at radius 3 is 2.35 bits per heavy atom. The summed E-state index contributed by atoms with van der Waals surface area (Å²) in [7, 11) is 0. The fourth-order valence-corrected chi connectivity index (χ4v) is 26.2. The van der Waals surface area contributed by atoms with Crippen molar-refractivity contribution in [3.63, 3.8) is 0 Å². The Kier molecular flexibility index (Phi) is 11.2. The van der Waals surface area contributed by atoms with Crippen molar-refractivity contribution in [2.75, 3.05) is 31.1 Å². The predicted molar refractivity (Wildman–Crippen MR) is 205 cm³/mol. The van der Waals surface area contributed by atoms with Gasteiger partial charge in [0.1, 0.15) is 0 Å². The van der Waals surface area contributed by atoms with Gasteiger partial charge in [0.25, 0.3) is 0 Å². The number of amides is 1. The van der Waals surface area contributed by atoms with Crippen LogP contribution in [0.2, 0.25) is 13.3 Å². The molecule has 5 atom stereocenters. The van der Waals surface area contributed by atoms with E-state index in [9.17, 15) is 9.18 Å². The number of carbonyl (C=O) groups is 1. The molecule has 52 heavy (non-hydrogen) atoms. The normalized spacial score (nSPS) is 27.2. The molecule has 1 amide bonds. The number of halogens is 2. The standard InChI is InChI=1S/C28H35F2N6O3.3C4H9.Sn/c1-27(2,3)39-26(37)36-17-5-7-21(36)20-8-6-19-22-23(18(30)12-31-19)32-25(33-24(22)35(20)14-17)38-15-28-9-4-10-34(28)13-16(29)11-28;3*1-3-4-2;/h16-17,20-21H,4-11,13-15H2,1-3H3;3*1,3-4H2,2H3;/t16-,17-,20+,21+,28+;;;;/m1..../s1. The number of hydrogen-bond donors (Lipinski definition) is 0. The van der Waals surface area contributed by atoms with Crippen molar-refractivity contribution in [3.05, 3.63) is 11.5 Å². The predicted octanol–water partition coefficient (Wildman–Crippen LogP) is 8.08. The first-order valence-electron chi connectivity index (χ1n) is 20.6. The molecule has 0 unspecified atom stereocenters. The molecule has 5 aliphatic heterocycles. The second-order valence-electron chi connectivity index (χ2n) is 17.7. The number of anilines is 1. The van der Waals surface area contributed by atoms with Gasteiger partial charge >= 0.3 is 315 Å². The van der Waals surface area contributed by atoms with E-state index in [0.29, 0.717) is 49.3 Å². The van der Waals surface area contributed by atoms with Crippen LogP contribution in [-0.4, -0.2) is 111 Å². The number of hydrogen-bond acceptors (Lipinski definition) is 8. The van der Waals surface area contributed by atoms with Crippen molar-refractivity contribution < 1.29 is 23.0 Å². The van der Waals surface area contributed by atoms with Crippen molar-refractivity contribution in [1.82, 2.24) is 24.8 Å². The number of piperazine rings is 1. The minimum atomic E-state index is -3.37. The third kappa shape index (κ3) is 7.12. The molecule has 0 aliphatic carbocycles. The number of alkyl halides is 1. The Labute approximate surface area is 313 Å². The van der Waals surface area contributed by atoms with Gasteiger partial charge < -0.3 is 0 Å². The molecule has 4 saturated heterocycles. The summed E-state index contributed by atoms with van der Waals surface area (Å²) in [5.74, 6) is 0.439. The monoisotopic (exact) mass is 832 g/mol. The number of unbranched alkanes of at least 4 members (excludes halogenated alkanes) is 3. The van der Waals surface area contributed by atoms with Gasteiger partial charge in [-0.15, -0.1) is 0 Å². The molecule has 0 N–H and O–H groups in total. The number of nitrogens with zero attached hydrogens (tertiary/aromatic N) is 6. The Hall–Kier alpha value is -2.02. The average Bonchev–Trinajstić information content (AvgIpc) is 3.71. The molecule has 12 heteroatoms. The topological polar surface area (TPSA) is 83.9 Å². The van der Waals surface area contributed by atoms with Crippen LogP contribution in [0.4, 0.5) is 19.4 Å². The van der Waals surface area contributed by atoms with Crippen LogP contribution in [0.3, 0.4) is 0 Å². The van der Waals surface area contributed by atoms with E-state index in [0.717, 1.165) is 99.9 Å². The van der Waals surface area contributed by atoms with E-state index >= 15 is 4.39 Å². The number of aryl methyl sites for hydroxylation is 1. The van der Waals surface area contributed by atoms with Gasteiger partial charge in [-0.25, -0.2) is 0 Å². The molecule has 0 aromatic carbocycles. The molecule has 288 valence electrons. The van der Waals surface area contributed by atoms with E-state index in [1.807, 2.05) is 25.7 Å². The average molecular weight is 832 g/mol. The second kappa shape index (κ2) is 15.3. The number of pyridine rings is 1. The van der Waals surface area contributed by atoms with Crippen molar-refractivity contribution in [2.24, 2.45) is 0 Å². The van der Waals surface area contributed by atoms with E-state index in [4.69, 9.17) is 24.4 Å². The molecule has 2 bridgehead atoms. The second-order valence-corrected chi connectivity index (χ2v) is 30.6. The zero-order valence-electron chi connectivity index (χ0n) is 32.6. The van der Waals surface area contributed by atoms with Crippen LogP contribution < -0.4 is 13.3 Å². The van der Waals surface area contributed by atoms with Crippen LogP contribution in [-0.2, 0) is 11.2 Å². The SMILES string of the molecule is CCC[CH2][Sn]([CH2]CCC)([CH2]CCC)[c]1nc2c3c(nc(OC[C@@]45CCCN4C[C@H](F)C5)nc3c1F)N1C[C@H]3CC[C@@H]([C@@H]1CC2)N3C(=O)OC(C)(C)C. The first-order chi connectivity index (χ1) is 24.9. The van der Waals surface area contributed by atoms with Gasteiger partial charge in [0.05, 0.1) is 0 Å². The van der Waals surface area contributed by atoms with Crippen molar-refractivity contribution in [3.8, 4) is 6.01 Å². The van der Waals surface area contributed by atoms with E-state index in [-0.39, 0.29) is 41.6 Å². The maximum absolute atomic E-state index is 17.7. The van der Waals surface area contributed by atoms with E-state index in [1.165, 1.54) is 0 Å². The molecule has 5 aliphatic rings. The molecule has 7 rings (SSSR count). The molecular weight excluding hydrogens is 769 g/mol. The Morgan fingerprint density at radius 2 is 1.67 bits per heavy atom. The number of rotatable bonds is 13. The number of aromatic nitrogens is 3. The molecule has 0 saturated carbocycles. The molecule has 4 fully saturated rings. The maximum atomic E-state index is 17.7. The summed E-state index contributed by atoms with van der Waals surface area (Å²) in [6.45, 7) is 14.6. The summed E-state index contributed by atoms with van der Waals surface area (Å²) in [5.41, 5.74) is 0.303. The molecule has 2 aromatic rings. The van der Waals surface area contributed by atoms with Gasteiger partial charge in [-0.3, -0.25) is 0 Å². The van der Waals surface area contributed by atoms with Crippen LogP contribution in [0.1, 0.15) is 124 Å². The van der Waals surface area contributed by atoms with E-state index < -0.39 is 30.1 Å². The minimum absolute atomic E-state index is 0.0162. The van der Waals surface area contributed by atoms with Crippen LogP contribution in [0.5, 0.6) is 6.01 Å². The van der Waals surface area contributed by atoms with Crippen LogP contribution in [0.25, 0.3) is 10.9 Å². The molecule has 0 spiro atoms. The van der Waals surface area contributed by atoms with Crippen molar-refractivity contribution in [2.45, 2.75) is 174 Å². The third-order valence-electron chi connectivity index (χ3n) is 12.9. The van der Waals surface area contributed by atoms with Crippen LogP contribution in [0.15, 0.2) is 0 Å².